The third-order valence-corrected chi connectivity index (χ3v) is 4.59. The zero-order valence-electron chi connectivity index (χ0n) is 13.4. The highest BCUT2D eigenvalue weighted by atomic mass is 19.1. The van der Waals surface area contributed by atoms with Gasteiger partial charge in [0, 0.05) is 37.8 Å². The summed E-state index contributed by atoms with van der Waals surface area (Å²) >= 11 is 0. The first-order valence-electron chi connectivity index (χ1n) is 7.99. The number of carbonyl (C=O) groups excluding carboxylic acids is 2. The lowest BCUT2D eigenvalue weighted by atomic mass is 9.98. The third-order valence-electron chi connectivity index (χ3n) is 4.59. The molecule has 3 N–H and O–H groups in total. The minimum Gasteiger partial charge on any atom is -0.336 e. The summed E-state index contributed by atoms with van der Waals surface area (Å²) in [6.45, 7) is 2.93. The summed E-state index contributed by atoms with van der Waals surface area (Å²) in [7, 11) is 0. The van der Waals surface area contributed by atoms with E-state index in [-0.39, 0.29) is 29.9 Å². The number of nitrogens with one attached hydrogen (secondary N) is 1. The summed E-state index contributed by atoms with van der Waals surface area (Å²) in [6.07, 6.45) is 1.27. The molecule has 8 heteroatoms. The summed E-state index contributed by atoms with van der Waals surface area (Å²) in [5, 5.41) is 2.55. The van der Waals surface area contributed by atoms with Gasteiger partial charge in [-0.05, 0) is 25.8 Å². The van der Waals surface area contributed by atoms with E-state index in [0.717, 1.165) is 6.07 Å². The Labute approximate surface area is 138 Å². The molecule has 0 unspecified atom stereocenters. The number of carbonyl (C=O) groups is 2. The van der Waals surface area contributed by atoms with Crippen molar-refractivity contribution in [2.45, 2.75) is 31.8 Å². The van der Waals surface area contributed by atoms with Crippen LogP contribution in [-0.2, 0) is 0 Å². The number of rotatable bonds is 2. The molecule has 2 aliphatic heterocycles. The first-order chi connectivity index (χ1) is 11.4. The molecule has 6 nitrogen and oxygen atoms in total. The van der Waals surface area contributed by atoms with Crippen molar-refractivity contribution in [3.05, 3.63) is 29.3 Å². The van der Waals surface area contributed by atoms with E-state index in [0.29, 0.717) is 32.0 Å². The molecule has 0 aliphatic carbocycles. The summed E-state index contributed by atoms with van der Waals surface area (Å²) in [4.78, 5) is 27.1. The molecule has 2 aliphatic rings. The van der Waals surface area contributed by atoms with E-state index in [4.69, 9.17) is 5.73 Å². The Morgan fingerprint density at radius 2 is 2.04 bits per heavy atom. The molecular weight excluding hydrogens is 318 g/mol. The zero-order chi connectivity index (χ0) is 17.4. The molecular formula is C16H20F2N4O2. The van der Waals surface area contributed by atoms with Crippen LogP contribution in [0.5, 0.6) is 0 Å². The average Bonchev–Trinajstić information content (AvgIpc) is 2.93. The standard InChI is InChI=1S/C16H20F2N4O2/c1-9-6-10(19)2-4-21(9)15(23)11-7-14(13(18)8-12(11)17)22-5-3-20-16(22)24/h7-10H,2-6,19H2,1H3,(H,20,24)/t9-,10-/m0/s1. The van der Waals surface area contributed by atoms with Crippen molar-refractivity contribution in [2.75, 3.05) is 24.5 Å². The van der Waals surface area contributed by atoms with Gasteiger partial charge in [0.1, 0.15) is 11.6 Å². The highest BCUT2D eigenvalue weighted by molar-refractivity contribution is 5.99. The van der Waals surface area contributed by atoms with Gasteiger partial charge in [-0.25, -0.2) is 13.6 Å². The molecule has 24 heavy (non-hydrogen) atoms. The number of benzene rings is 1. The first-order valence-corrected chi connectivity index (χ1v) is 7.99. The maximum Gasteiger partial charge on any atom is 0.322 e. The van der Waals surface area contributed by atoms with Crippen LogP contribution in [-0.4, -0.2) is 48.6 Å². The maximum absolute atomic E-state index is 14.2. The van der Waals surface area contributed by atoms with E-state index in [2.05, 4.69) is 5.32 Å². The lowest BCUT2D eigenvalue weighted by molar-refractivity contribution is 0.0614. The topological polar surface area (TPSA) is 78.7 Å². The van der Waals surface area contributed by atoms with Crippen LogP contribution in [0.3, 0.4) is 0 Å². The van der Waals surface area contributed by atoms with Gasteiger partial charge in [0.25, 0.3) is 5.91 Å². The van der Waals surface area contributed by atoms with Crippen molar-refractivity contribution in [3.8, 4) is 0 Å². The maximum atomic E-state index is 14.2. The summed E-state index contributed by atoms with van der Waals surface area (Å²) in [5.74, 6) is -2.30. The number of urea groups is 1. The van der Waals surface area contributed by atoms with Gasteiger partial charge in [0.05, 0.1) is 11.3 Å². The minimum atomic E-state index is -0.928. The molecule has 0 saturated carbocycles. The molecule has 2 fully saturated rings. The summed E-state index contributed by atoms with van der Waals surface area (Å²) in [5.41, 5.74) is 5.57. The molecule has 1 aromatic rings. The number of nitrogens with zero attached hydrogens (tertiary/aromatic N) is 2. The second-order valence-electron chi connectivity index (χ2n) is 6.30. The smallest absolute Gasteiger partial charge is 0.322 e. The van der Waals surface area contributed by atoms with E-state index in [1.54, 1.807) is 4.90 Å². The Kier molecular flexibility index (Phi) is 4.40. The molecule has 2 atom stereocenters. The van der Waals surface area contributed by atoms with Crippen molar-refractivity contribution < 1.29 is 18.4 Å². The number of likely N-dealkylation sites (tertiary alicyclic amines) is 1. The van der Waals surface area contributed by atoms with Crippen LogP contribution in [0.2, 0.25) is 0 Å². The molecule has 0 radical (unpaired) electrons. The average molecular weight is 338 g/mol. The molecule has 2 heterocycles. The molecule has 2 saturated heterocycles. The molecule has 3 amide bonds. The molecule has 1 aromatic carbocycles. The first kappa shape index (κ1) is 16.6. The van der Waals surface area contributed by atoms with Gasteiger partial charge < -0.3 is 16.0 Å². The van der Waals surface area contributed by atoms with Crippen molar-refractivity contribution >= 4 is 17.6 Å². The molecule has 130 valence electrons. The quantitative estimate of drug-likeness (QED) is 0.857. The predicted octanol–water partition coefficient (Wildman–Crippen LogP) is 1.45. The van der Waals surface area contributed by atoms with Gasteiger partial charge in [0.15, 0.2) is 0 Å². The van der Waals surface area contributed by atoms with Crippen molar-refractivity contribution in [1.29, 1.82) is 0 Å². The van der Waals surface area contributed by atoms with Crippen LogP contribution < -0.4 is 16.0 Å². The van der Waals surface area contributed by atoms with Crippen LogP contribution in [0.25, 0.3) is 0 Å². The van der Waals surface area contributed by atoms with Gasteiger partial charge in [0.2, 0.25) is 0 Å². The van der Waals surface area contributed by atoms with Gasteiger partial charge in [-0.3, -0.25) is 9.69 Å². The van der Waals surface area contributed by atoms with Crippen LogP contribution in [0.1, 0.15) is 30.1 Å². The van der Waals surface area contributed by atoms with E-state index < -0.39 is 23.6 Å². The number of piperidine rings is 1. The van der Waals surface area contributed by atoms with Crippen molar-refractivity contribution in [2.24, 2.45) is 5.73 Å². The minimum absolute atomic E-state index is 0.0194. The Hall–Kier alpha value is -2.22. The third kappa shape index (κ3) is 2.93. The van der Waals surface area contributed by atoms with E-state index in [9.17, 15) is 18.4 Å². The normalized spacial score (nSPS) is 24.2. The SMILES string of the molecule is C[C@H]1C[C@@H](N)CCN1C(=O)c1cc(N2CCNC2=O)c(F)cc1F. The summed E-state index contributed by atoms with van der Waals surface area (Å²) < 4.78 is 28.3. The monoisotopic (exact) mass is 338 g/mol. The van der Waals surface area contributed by atoms with Crippen LogP contribution >= 0.6 is 0 Å². The highest BCUT2D eigenvalue weighted by Gasteiger charge is 2.31. The Morgan fingerprint density at radius 3 is 2.67 bits per heavy atom. The fourth-order valence-electron chi connectivity index (χ4n) is 3.27. The lowest BCUT2D eigenvalue weighted by Gasteiger charge is -2.36. The van der Waals surface area contributed by atoms with E-state index in [1.807, 2.05) is 6.92 Å². The van der Waals surface area contributed by atoms with Gasteiger partial charge in [-0.15, -0.1) is 0 Å². The largest absolute Gasteiger partial charge is 0.336 e. The second kappa shape index (κ2) is 6.35. The number of anilines is 1. The van der Waals surface area contributed by atoms with Gasteiger partial charge >= 0.3 is 6.03 Å². The Bertz CT molecular complexity index is 682. The fourth-order valence-corrected chi connectivity index (χ4v) is 3.27. The Morgan fingerprint density at radius 1 is 1.29 bits per heavy atom. The molecule has 0 spiro atoms. The van der Waals surface area contributed by atoms with Crippen molar-refractivity contribution in [1.82, 2.24) is 10.2 Å². The fraction of sp³-hybridized carbons (Fsp3) is 0.500. The molecule has 3 rings (SSSR count). The van der Waals surface area contributed by atoms with Crippen LogP contribution in [0.4, 0.5) is 19.3 Å². The number of hydrogen-bond acceptors (Lipinski definition) is 3. The van der Waals surface area contributed by atoms with Gasteiger partial charge in [-0.1, -0.05) is 0 Å². The lowest BCUT2D eigenvalue weighted by Crippen LogP contribution is -2.48. The predicted molar refractivity (Wildman–Crippen MR) is 84.8 cm³/mol. The number of nitrogens with two attached hydrogens (primary N) is 1. The second-order valence-corrected chi connectivity index (χ2v) is 6.30. The van der Waals surface area contributed by atoms with Crippen LogP contribution in [0, 0.1) is 11.6 Å². The Balaban J connectivity index is 1.92. The van der Waals surface area contributed by atoms with Gasteiger partial charge in [-0.2, -0.15) is 0 Å². The number of halogens is 2. The summed E-state index contributed by atoms with van der Waals surface area (Å²) in [6, 6.07) is 1.22. The van der Waals surface area contributed by atoms with E-state index in [1.165, 1.54) is 4.90 Å². The molecule has 0 aromatic heterocycles. The highest BCUT2D eigenvalue weighted by Crippen LogP contribution is 2.27. The van der Waals surface area contributed by atoms with E-state index >= 15 is 0 Å². The molecule has 0 bridgehead atoms. The zero-order valence-corrected chi connectivity index (χ0v) is 13.4. The number of amides is 3. The number of hydrogen-bond donors (Lipinski definition) is 2. The van der Waals surface area contributed by atoms with Crippen molar-refractivity contribution in [3.63, 3.8) is 0 Å². The van der Waals surface area contributed by atoms with Crippen LogP contribution in [0.15, 0.2) is 12.1 Å².